The predicted octanol–water partition coefficient (Wildman–Crippen LogP) is 1.70. The van der Waals surface area contributed by atoms with E-state index >= 15 is 0 Å². The molecule has 8 heteroatoms. The quantitative estimate of drug-likeness (QED) is 0.874. The Kier molecular flexibility index (Phi) is 5.16. The highest BCUT2D eigenvalue weighted by atomic mass is 32.1. The molecule has 2 aromatic rings. The van der Waals surface area contributed by atoms with Crippen LogP contribution in [0.25, 0.3) is 10.7 Å². The summed E-state index contributed by atoms with van der Waals surface area (Å²) in [4.78, 5) is 27.6. The fourth-order valence-corrected chi connectivity index (χ4v) is 2.53. The predicted molar refractivity (Wildman–Crippen MR) is 84.2 cm³/mol. The molecule has 0 aliphatic rings. The van der Waals surface area contributed by atoms with Gasteiger partial charge in [-0.05, 0) is 18.1 Å². The summed E-state index contributed by atoms with van der Waals surface area (Å²) in [5.74, 6) is -0.596. The molecule has 116 valence electrons. The van der Waals surface area contributed by atoms with Crippen molar-refractivity contribution < 1.29 is 9.59 Å². The maximum absolute atomic E-state index is 12.2. The van der Waals surface area contributed by atoms with Gasteiger partial charge < -0.3 is 5.32 Å². The first-order valence-corrected chi connectivity index (χ1v) is 7.62. The fourth-order valence-electron chi connectivity index (χ4n) is 1.80. The molecule has 0 bridgehead atoms. The van der Waals surface area contributed by atoms with Gasteiger partial charge in [0, 0.05) is 13.1 Å². The highest BCUT2D eigenvalue weighted by Crippen LogP contribution is 2.24. The van der Waals surface area contributed by atoms with Crippen LogP contribution < -0.4 is 10.6 Å². The summed E-state index contributed by atoms with van der Waals surface area (Å²) in [6.45, 7) is 5.10. The van der Waals surface area contributed by atoms with E-state index in [4.69, 9.17) is 0 Å². The Morgan fingerprint density at radius 2 is 2.00 bits per heavy atom. The second kappa shape index (κ2) is 7.08. The first-order chi connectivity index (χ1) is 10.5. The molecule has 0 aliphatic heterocycles. The van der Waals surface area contributed by atoms with E-state index in [1.54, 1.807) is 6.20 Å². The van der Waals surface area contributed by atoms with Gasteiger partial charge in [-0.3, -0.25) is 19.9 Å². The fraction of sp³-hybridized carbons (Fsp3) is 0.357. The van der Waals surface area contributed by atoms with Gasteiger partial charge in [0.2, 0.25) is 16.9 Å². The van der Waals surface area contributed by atoms with E-state index in [0.29, 0.717) is 15.8 Å². The van der Waals surface area contributed by atoms with Crippen LogP contribution in [0.2, 0.25) is 0 Å². The van der Waals surface area contributed by atoms with Crippen molar-refractivity contribution >= 4 is 28.3 Å². The van der Waals surface area contributed by atoms with Gasteiger partial charge in [0.1, 0.15) is 11.7 Å². The van der Waals surface area contributed by atoms with Gasteiger partial charge in [-0.2, -0.15) is 0 Å². The molecule has 1 atom stereocenters. The summed E-state index contributed by atoms with van der Waals surface area (Å²) in [5, 5.41) is 14.3. The van der Waals surface area contributed by atoms with Crippen LogP contribution >= 0.6 is 11.3 Å². The SMILES string of the molecule is CC(=O)NC(C(=O)Nc1nnc(-c2ccccn2)s1)C(C)C. The van der Waals surface area contributed by atoms with Crippen LogP contribution in [0.15, 0.2) is 24.4 Å². The van der Waals surface area contributed by atoms with E-state index in [2.05, 4.69) is 25.8 Å². The van der Waals surface area contributed by atoms with Crippen LogP contribution in [-0.4, -0.2) is 33.0 Å². The number of hydrogen-bond donors (Lipinski definition) is 2. The van der Waals surface area contributed by atoms with Crippen molar-refractivity contribution in [1.29, 1.82) is 0 Å². The standard InChI is InChI=1S/C14H17N5O2S/c1-8(2)11(16-9(3)20)12(21)17-14-19-18-13(22-14)10-6-4-5-7-15-10/h4-8,11H,1-3H3,(H,16,20)(H,17,19,21). The number of anilines is 1. The Morgan fingerprint density at radius 3 is 2.59 bits per heavy atom. The summed E-state index contributed by atoms with van der Waals surface area (Å²) in [6.07, 6.45) is 1.67. The molecule has 22 heavy (non-hydrogen) atoms. The second-order valence-corrected chi connectivity index (χ2v) is 6.02. The molecule has 0 saturated heterocycles. The van der Waals surface area contributed by atoms with E-state index in [1.165, 1.54) is 18.3 Å². The van der Waals surface area contributed by atoms with Gasteiger partial charge in [-0.15, -0.1) is 10.2 Å². The summed E-state index contributed by atoms with van der Waals surface area (Å²) in [7, 11) is 0. The molecule has 2 amide bonds. The highest BCUT2D eigenvalue weighted by molar-refractivity contribution is 7.18. The zero-order valence-corrected chi connectivity index (χ0v) is 13.3. The van der Waals surface area contributed by atoms with Crippen LogP contribution in [0.1, 0.15) is 20.8 Å². The lowest BCUT2D eigenvalue weighted by Gasteiger charge is -2.19. The van der Waals surface area contributed by atoms with Crippen molar-refractivity contribution in [3.05, 3.63) is 24.4 Å². The minimum atomic E-state index is -0.611. The van der Waals surface area contributed by atoms with Gasteiger partial charge in [0.05, 0.1) is 0 Å². The average molecular weight is 319 g/mol. The molecule has 2 heterocycles. The van der Waals surface area contributed by atoms with Crippen molar-refractivity contribution in [1.82, 2.24) is 20.5 Å². The van der Waals surface area contributed by atoms with Gasteiger partial charge >= 0.3 is 0 Å². The first kappa shape index (κ1) is 16.0. The van der Waals surface area contributed by atoms with Crippen molar-refractivity contribution in [3.8, 4) is 10.7 Å². The molecule has 0 saturated carbocycles. The number of aromatic nitrogens is 3. The smallest absolute Gasteiger partial charge is 0.249 e. The Labute approximate surface area is 132 Å². The van der Waals surface area contributed by atoms with E-state index in [-0.39, 0.29) is 17.7 Å². The Morgan fingerprint density at radius 1 is 1.23 bits per heavy atom. The lowest BCUT2D eigenvalue weighted by molar-refractivity contribution is -0.126. The number of carbonyl (C=O) groups is 2. The summed E-state index contributed by atoms with van der Waals surface area (Å²) >= 11 is 1.23. The van der Waals surface area contributed by atoms with E-state index in [0.717, 1.165) is 0 Å². The molecule has 0 fully saturated rings. The first-order valence-electron chi connectivity index (χ1n) is 6.80. The summed E-state index contributed by atoms with van der Waals surface area (Å²) in [5.41, 5.74) is 0.697. The largest absolute Gasteiger partial charge is 0.344 e. The van der Waals surface area contributed by atoms with Gasteiger partial charge in [-0.25, -0.2) is 0 Å². The minimum Gasteiger partial charge on any atom is -0.344 e. The number of nitrogens with zero attached hydrogens (tertiary/aromatic N) is 3. The molecule has 0 radical (unpaired) electrons. The molecule has 1 unspecified atom stereocenters. The van der Waals surface area contributed by atoms with Crippen LogP contribution in [-0.2, 0) is 9.59 Å². The zero-order chi connectivity index (χ0) is 16.1. The Hall–Kier alpha value is -2.35. The zero-order valence-electron chi connectivity index (χ0n) is 12.5. The molecular weight excluding hydrogens is 302 g/mol. The maximum atomic E-state index is 12.2. The molecule has 0 aliphatic carbocycles. The Balaban J connectivity index is 2.09. The number of pyridine rings is 1. The summed E-state index contributed by atoms with van der Waals surface area (Å²) < 4.78 is 0. The number of rotatable bonds is 5. The summed E-state index contributed by atoms with van der Waals surface area (Å²) in [6, 6.07) is 4.88. The van der Waals surface area contributed by atoms with Gasteiger partial charge in [-0.1, -0.05) is 31.3 Å². The normalized spacial score (nSPS) is 12.0. The van der Waals surface area contributed by atoms with E-state index in [9.17, 15) is 9.59 Å². The minimum absolute atomic E-state index is 0.0351. The van der Waals surface area contributed by atoms with Crippen LogP contribution in [0.5, 0.6) is 0 Å². The van der Waals surface area contributed by atoms with Crippen LogP contribution in [0, 0.1) is 5.92 Å². The third kappa shape index (κ3) is 4.08. The van der Waals surface area contributed by atoms with Crippen LogP contribution in [0.4, 0.5) is 5.13 Å². The van der Waals surface area contributed by atoms with Crippen molar-refractivity contribution in [2.45, 2.75) is 26.8 Å². The Bertz CT molecular complexity index is 656. The third-order valence-corrected chi connectivity index (χ3v) is 3.71. The van der Waals surface area contributed by atoms with Crippen molar-refractivity contribution in [2.24, 2.45) is 5.92 Å². The molecule has 7 nitrogen and oxygen atoms in total. The number of nitrogens with one attached hydrogen (secondary N) is 2. The average Bonchev–Trinajstić information content (AvgIpc) is 2.93. The molecule has 2 N–H and O–H groups in total. The van der Waals surface area contributed by atoms with E-state index < -0.39 is 6.04 Å². The number of carbonyl (C=O) groups excluding carboxylic acids is 2. The van der Waals surface area contributed by atoms with Crippen molar-refractivity contribution in [3.63, 3.8) is 0 Å². The molecule has 0 spiro atoms. The molecule has 2 rings (SSSR count). The van der Waals surface area contributed by atoms with Gasteiger partial charge in [0.25, 0.3) is 0 Å². The lowest BCUT2D eigenvalue weighted by atomic mass is 10.0. The molecule has 2 aromatic heterocycles. The van der Waals surface area contributed by atoms with E-state index in [1.807, 2.05) is 32.0 Å². The third-order valence-electron chi connectivity index (χ3n) is 2.85. The number of hydrogen-bond acceptors (Lipinski definition) is 6. The number of amides is 2. The lowest BCUT2D eigenvalue weighted by Crippen LogP contribution is -2.46. The second-order valence-electron chi connectivity index (χ2n) is 5.04. The highest BCUT2D eigenvalue weighted by Gasteiger charge is 2.24. The monoisotopic (exact) mass is 319 g/mol. The van der Waals surface area contributed by atoms with Gasteiger partial charge in [0.15, 0.2) is 5.01 Å². The maximum Gasteiger partial charge on any atom is 0.249 e. The topological polar surface area (TPSA) is 96.9 Å². The molecular formula is C14H17N5O2S. The van der Waals surface area contributed by atoms with Crippen molar-refractivity contribution in [2.75, 3.05) is 5.32 Å². The van der Waals surface area contributed by atoms with Crippen LogP contribution in [0.3, 0.4) is 0 Å². The molecule has 0 aromatic carbocycles.